The fraction of sp³-hybridized carbons (Fsp3) is 1.00. The summed E-state index contributed by atoms with van der Waals surface area (Å²) >= 11 is 0. The normalized spacial score (nSPS) is 23.5. The summed E-state index contributed by atoms with van der Waals surface area (Å²) in [4.78, 5) is 2.60. The van der Waals surface area contributed by atoms with Crippen LogP contribution in [-0.2, 0) is 4.74 Å². The molecule has 2 unspecified atom stereocenters. The average Bonchev–Trinajstić information content (AvgIpc) is 2.35. The highest BCUT2D eigenvalue weighted by Crippen LogP contribution is 2.16. The topological polar surface area (TPSA) is 24.5 Å². The van der Waals surface area contributed by atoms with Gasteiger partial charge in [0.25, 0.3) is 0 Å². The molecule has 0 bridgehead atoms. The fourth-order valence-electron chi connectivity index (χ4n) is 2.62. The molecule has 0 aromatic heterocycles. The first-order valence-electron chi connectivity index (χ1n) is 7.69. The summed E-state index contributed by atoms with van der Waals surface area (Å²) in [5, 5.41) is 3.53. The van der Waals surface area contributed by atoms with Crippen molar-refractivity contribution in [2.24, 2.45) is 5.92 Å². The largest absolute Gasteiger partial charge is 0.377 e. The van der Waals surface area contributed by atoms with Crippen molar-refractivity contribution >= 4 is 0 Å². The van der Waals surface area contributed by atoms with Gasteiger partial charge in [-0.2, -0.15) is 0 Å². The molecule has 0 amide bonds. The van der Waals surface area contributed by atoms with E-state index in [9.17, 15) is 0 Å². The van der Waals surface area contributed by atoms with Gasteiger partial charge in [0.2, 0.25) is 0 Å². The zero-order valence-corrected chi connectivity index (χ0v) is 12.7. The van der Waals surface area contributed by atoms with Crippen molar-refractivity contribution in [2.75, 3.05) is 32.8 Å². The summed E-state index contributed by atoms with van der Waals surface area (Å²) in [6.45, 7) is 14.4. The first kappa shape index (κ1) is 15.9. The van der Waals surface area contributed by atoms with Gasteiger partial charge in [0.15, 0.2) is 0 Å². The highest BCUT2D eigenvalue weighted by atomic mass is 16.5. The molecule has 2 atom stereocenters. The monoisotopic (exact) mass is 256 g/mol. The summed E-state index contributed by atoms with van der Waals surface area (Å²) in [6, 6.07) is 0.674. The molecule has 1 fully saturated rings. The first-order chi connectivity index (χ1) is 8.63. The van der Waals surface area contributed by atoms with Crippen LogP contribution in [0.2, 0.25) is 0 Å². The van der Waals surface area contributed by atoms with E-state index in [2.05, 4.69) is 37.9 Å². The van der Waals surface area contributed by atoms with Crippen LogP contribution in [0.3, 0.4) is 0 Å². The molecule has 1 aliphatic rings. The number of hydrogen-bond donors (Lipinski definition) is 1. The van der Waals surface area contributed by atoms with Crippen LogP contribution in [0.15, 0.2) is 0 Å². The Balaban J connectivity index is 2.17. The van der Waals surface area contributed by atoms with Crippen LogP contribution in [-0.4, -0.2) is 49.8 Å². The van der Waals surface area contributed by atoms with Crippen molar-refractivity contribution < 1.29 is 4.74 Å². The smallest absolute Gasteiger partial charge is 0.0702 e. The van der Waals surface area contributed by atoms with E-state index in [-0.39, 0.29) is 0 Å². The van der Waals surface area contributed by atoms with Crippen LogP contribution < -0.4 is 5.32 Å². The molecule has 3 nitrogen and oxygen atoms in total. The summed E-state index contributed by atoms with van der Waals surface area (Å²) in [6.07, 6.45) is 4.23. The molecule has 1 heterocycles. The molecule has 0 aromatic rings. The van der Waals surface area contributed by atoms with Gasteiger partial charge in [-0.15, -0.1) is 0 Å². The molecule has 0 radical (unpaired) electrons. The van der Waals surface area contributed by atoms with E-state index in [4.69, 9.17) is 4.74 Å². The number of likely N-dealkylation sites (tertiary alicyclic amines) is 1. The quantitative estimate of drug-likeness (QED) is 0.675. The van der Waals surface area contributed by atoms with Crippen LogP contribution in [0.1, 0.15) is 47.0 Å². The molecule has 0 saturated carbocycles. The van der Waals surface area contributed by atoms with Gasteiger partial charge in [-0.05, 0) is 58.7 Å². The minimum Gasteiger partial charge on any atom is -0.377 e. The number of hydrogen-bond acceptors (Lipinski definition) is 3. The molecule has 1 saturated heterocycles. The zero-order chi connectivity index (χ0) is 13.4. The Bertz CT molecular complexity index is 207. The number of piperidine rings is 1. The van der Waals surface area contributed by atoms with E-state index in [1.54, 1.807) is 0 Å². The highest BCUT2D eigenvalue weighted by Gasteiger charge is 2.23. The van der Waals surface area contributed by atoms with E-state index >= 15 is 0 Å². The molecule has 0 spiro atoms. The summed E-state index contributed by atoms with van der Waals surface area (Å²) < 4.78 is 5.76. The Kier molecular flexibility index (Phi) is 7.87. The number of nitrogens with zero attached hydrogens (tertiary/aromatic N) is 1. The van der Waals surface area contributed by atoms with Crippen LogP contribution >= 0.6 is 0 Å². The zero-order valence-electron chi connectivity index (χ0n) is 12.7. The highest BCUT2D eigenvalue weighted by molar-refractivity contribution is 4.78. The van der Waals surface area contributed by atoms with Crippen molar-refractivity contribution in [1.82, 2.24) is 10.2 Å². The maximum atomic E-state index is 5.76. The molecule has 1 aliphatic heterocycles. The number of ether oxygens (including phenoxy) is 1. The third-order valence-electron chi connectivity index (χ3n) is 3.73. The maximum absolute atomic E-state index is 5.76. The van der Waals surface area contributed by atoms with E-state index < -0.39 is 0 Å². The third-order valence-corrected chi connectivity index (χ3v) is 3.73. The predicted octanol–water partition coefficient (Wildman–Crippen LogP) is 2.51. The number of rotatable bonds is 8. The minimum atomic E-state index is 0.467. The molecule has 0 aromatic carbocycles. The van der Waals surface area contributed by atoms with E-state index in [1.165, 1.54) is 25.8 Å². The van der Waals surface area contributed by atoms with Crippen molar-refractivity contribution in [2.45, 2.75) is 59.1 Å². The molecule has 1 rings (SSSR count). The van der Waals surface area contributed by atoms with E-state index in [0.717, 1.165) is 32.2 Å². The summed E-state index contributed by atoms with van der Waals surface area (Å²) in [5.41, 5.74) is 0. The van der Waals surface area contributed by atoms with Gasteiger partial charge in [0, 0.05) is 19.2 Å². The van der Waals surface area contributed by atoms with Crippen molar-refractivity contribution in [3.63, 3.8) is 0 Å². The third kappa shape index (κ3) is 6.17. The van der Waals surface area contributed by atoms with Gasteiger partial charge in [-0.1, -0.05) is 13.8 Å². The summed E-state index contributed by atoms with van der Waals surface area (Å²) in [5.74, 6) is 0.748. The fourth-order valence-corrected chi connectivity index (χ4v) is 2.62. The lowest BCUT2D eigenvalue weighted by molar-refractivity contribution is -0.00595. The Hall–Kier alpha value is -0.120. The van der Waals surface area contributed by atoms with Crippen LogP contribution in [0.4, 0.5) is 0 Å². The van der Waals surface area contributed by atoms with Gasteiger partial charge in [0.05, 0.1) is 6.10 Å². The van der Waals surface area contributed by atoms with Gasteiger partial charge < -0.3 is 10.1 Å². The molecular weight excluding hydrogens is 224 g/mol. The molecule has 1 N–H and O–H groups in total. The molecule has 3 heteroatoms. The van der Waals surface area contributed by atoms with Crippen LogP contribution in [0, 0.1) is 5.92 Å². The summed E-state index contributed by atoms with van der Waals surface area (Å²) in [7, 11) is 0. The van der Waals surface area contributed by atoms with Crippen LogP contribution in [0.5, 0.6) is 0 Å². The minimum absolute atomic E-state index is 0.467. The number of nitrogens with one attached hydrogen (secondary N) is 1. The van der Waals surface area contributed by atoms with Crippen LogP contribution in [0.25, 0.3) is 0 Å². The molecular formula is C15H32N2O. The lowest BCUT2D eigenvalue weighted by Gasteiger charge is -2.36. The van der Waals surface area contributed by atoms with E-state index in [0.29, 0.717) is 12.1 Å². The second kappa shape index (κ2) is 8.89. The second-order valence-corrected chi connectivity index (χ2v) is 5.95. The molecule has 18 heavy (non-hydrogen) atoms. The Labute approximate surface area is 113 Å². The van der Waals surface area contributed by atoms with Gasteiger partial charge in [0.1, 0.15) is 0 Å². The standard InChI is InChI=1S/C15H32N2O/c1-5-18-15-7-6-10-17(12-15)14(4)8-9-16-11-13(2)3/h13-16H,5-12H2,1-4H3. The second-order valence-electron chi connectivity index (χ2n) is 5.95. The van der Waals surface area contributed by atoms with Gasteiger partial charge >= 0.3 is 0 Å². The molecule has 108 valence electrons. The Morgan fingerprint density at radius 1 is 1.33 bits per heavy atom. The van der Waals surface area contributed by atoms with E-state index in [1.807, 2.05) is 0 Å². The van der Waals surface area contributed by atoms with Gasteiger partial charge in [-0.3, -0.25) is 4.90 Å². The average molecular weight is 256 g/mol. The predicted molar refractivity (Wildman–Crippen MR) is 78.0 cm³/mol. The molecule has 0 aliphatic carbocycles. The first-order valence-corrected chi connectivity index (χ1v) is 7.69. The Morgan fingerprint density at radius 2 is 2.11 bits per heavy atom. The van der Waals surface area contributed by atoms with Crippen molar-refractivity contribution in [3.05, 3.63) is 0 Å². The maximum Gasteiger partial charge on any atom is 0.0702 e. The van der Waals surface area contributed by atoms with Crippen molar-refractivity contribution in [3.8, 4) is 0 Å². The van der Waals surface area contributed by atoms with Crippen molar-refractivity contribution in [1.29, 1.82) is 0 Å². The lowest BCUT2D eigenvalue weighted by atomic mass is 10.0. The Morgan fingerprint density at radius 3 is 2.78 bits per heavy atom. The van der Waals surface area contributed by atoms with Gasteiger partial charge in [-0.25, -0.2) is 0 Å². The SMILES string of the molecule is CCOC1CCCN(C(C)CCNCC(C)C)C1. The lowest BCUT2D eigenvalue weighted by Crippen LogP contribution is -2.45.